The average molecular weight is 233 g/mol. The lowest BCUT2D eigenvalue weighted by Gasteiger charge is -2.30. The molecular formula is C11H20FNO3. The largest absolute Gasteiger partial charge is 0.376 e. The van der Waals surface area contributed by atoms with E-state index in [2.05, 4.69) is 5.32 Å². The average Bonchev–Trinajstić information content (AvgIpc) is 2.31. The Morgan fingerprint density at radius 3 is 2.81 bits per heavy atom. The lowest BCUT2D eigenvalue weighted by atomic mass is 9.96. The smallest absolute Gasteiger partial charge is 0.136 e. The third kappa shape index (κ3) is 3.66. The molecule has 0 unspecified atom stereocenters. The summed E-state index contributed by atoms with van der Waals surface area (Å²) in [6, 6.07) is 0. The van der Waals surface area contributed by atoms with Gasteiger partial charge in [0.25, 0.3) is 0 Å². The molecule has 2 saturated heterocycles. The first-order valence-corrected chi connectivity index (χ1v) is 5.95. The molecule has 0 spiro atoms. The van der Waals surface area contributed by atoms with Crippen LogP contribution in [0.25, 0.3) is 0 Å². The molecule has 0 aromatic carbocycles. The number of nitrogens with one attached hydrogen (secondary N) is 1. The Labute approximate surface area is 95.4 Å². The van der Waals surface area contributed by atoms with Crippen LogP contribution in [-0.2, 0) is 14.2 Å². The lowest BCUT2D eigenvalue weighted by molar-refractivity contribution is -0.125. The van der Waals surface area contributed by atoms with Crippen LogP contribution < -0.4 is 5.32 Å². The second-order valence-electron chi connectivity index (χ2n) is 4.48. The molecule has 16 heavy (non-hydrogen) atoms. The number of piperidine rings is 1. The molecule has 0 radical (unpaired) electrons. The standard InChI is InChI=1S/C11H20FNO3/c12-11(1-3-13-4-2-11)9-15-8-10-7-14-5-6-16-10/h10,13H,1-9H2/t10-/m0/s1. The first-order chi connectivity index (χ1) is 7.79. The van der Waals surface area contributed by atoms with Crippen molar-refractivity contribution in [3.8, 4) is 0 Å². The molecule has 2 aliphatic rings. The van der Waals surface area contributed by atoms with Gasteiger partial charge in [0.1, 0.15) is 11.8 Å². The molecule has 2 aliphatic heterocycles. The van der Waals surface area contributed by atoms with Crippen molar-refractivity contribution in [1.82, 2.24) is 5.32 Å². The Hall–Kier alpha value is -0.230. The number of halogens is 1. The van der Waals surface area contributed by atoms with E-state index in [1.807, 2.05) is 0 Å². The summed E-state index contributed by atoms with van der Waals surface area (Å²) in [5.41, 5.74) is -1.15. The van der Waals surface area contributed by atoms with Crippen LogP contribution in [0.3, 0.4) is 0 Å². The highest BCUT2D eigenvalue weighted by Gasteiger charge is 2.32. The van der Waals surface area contributed by atoms with Gasteiger partial charge in [-0.3, -0.25) is 0 Å². The van der Waals surface area contributed by atoms with E-state index in [0.717, 1.165) is 13.1 Å². The van der Waals surface area contributed by atoms with Crippen LogP contribution in [0.4, 0.5) is 4.39 Å². The van der Waals surface area contributed by atoms with Gasteiger partial charge in [-0.2, -0.15) is 0 Å². The van der Waals surface area contributed by atoms with Crippen molar-refractivity contribution in [3.05, 3.63) is 0 Å². The van der Waals surface area contributed by atoms with Gasteiger partial charge in [-0.25, -0.2) is 4.39 Å². The molecule has 1 atom stereocenters. The minimum atomic E-state index is -1.15. The number of alkyl halides is 1. The van der Waals surface area contributed by atoms with E-state index in [1.165, 1.54) is 0 Å². The fourth-order valence-electron chi connectivity index (χ4n) is 2.03. The Morgan fingerprint density at radius 1 is 1.31 bits per heavy atom. The van der Waals surface area contributed by atoms with Gasteiger partial charge in [0.15, 0.2) is 0 Å². The highest BCUT2D eigenvalue weighted by atomic mass is 19.1. The summed E-state index contributed by atoms with van der Waals surface area (Å²) in [6.07, 6.45) is 1.04. The van der Waals surface area contributed by atoms with E-state index in [4.69, 9.17) is 14.2 Å². The van der Waals surface area contributed by atoms with Crippen molar-refractivity contribution in [1.29, 1.82) is 0 Å². The topological polar surface area (TPSA) is 39.7 Å². The van der Waals surface area contributed by atoms with Gasteiger partial charge in [0.05, 0.1) is 33.0 Å². The maximum absolute atomic E-state index is 14.1. The van der Waals surface area contributed by atoms with Crippen LogP contribution in [0.1, 0.15) is 12.8 Å². The Kier molecular flexibility index (Phi) is 4.52. The second kappa shape index (κ2) is 5.91. The zero-order valence-electron chi connectivity index (χ0n) is 9.54. The van der Waals surface area contributed by atoms with Crippen LogP contribution in [-0.4, -0.2) is 57.9 Å². The van der Waals surface area contributed by atoms with Gasteiger partial charge in [-0.05, 0) is 25.9 Å². The maximum Gasteiger partial charge on any atom is 0.136 e. The Morgan fingerprint density at radius 2 is 2.12 bits per heavy atom. The van der Waals surface area contributed by atoms with Crippen LogP contribution in [0, 0.1) is 0 Å². The van der Waals surface area contributed by atoms with Crippen molar-refractivity contribution in [2.75, 3.05) is 46.1 Å². The number of hydrogen-bond acceptors (Lipinski definition) is 4. The monoisotopic (exact) mass is 233 g/mol. The number of rotatable bonds is 4. The molecule has 94 valence electrons. The third-order valence-electron chi connectivity index (χ3n) is 3.05. The molecular weight excluding hydrogens is 213 g/mol. The van der Waals surface area contributed by atoms with Crippen molar-refractivity contribution >= 4 is 0 Å². The first-order valence-electron chi connectivity index (χ1n) is 5.95. The summed E-state index contributed by atoms with van der Waals surface area (Å²) < 4.78 is 30.2. The van der Waals surface area contributed by atoms with Crippen molar-refractivity contribution in [2.24, 2.45) is 0 Å². The Balaban J connectivity index is 1.62. The van der Waals surface area contributed by atoms with E-state index in [1.54, 1.807) is 0 Å². The molecule has 0 aromatic rings. The van der Waals surface area contributed by atoms with E-state index in [-0.39, 0.29) is 12.7 Å². The molecule has 5 heteroatoms. The van der Waals surface area contributed by atoms with E-state index >= 15 is 0 Å². The van der Waals surface area contributed by atoms with Crippen LogP contribution in [0.2, 0.25) is 0 Å². The summed E-state index contributed by atoms with van der Waals surface area (Å²) in [5.74, 6) is 0. The quantitative estimate of drug-likeness (QED) is 0.768. The number of ether oxygens (including phenoxy) is 3. The van der Waals surface area contributed by atoms with E-state index in [0.29, 0.717) is 39.3 Å². The van der Waals surface area contributed by atoms with Crippen LogP contribution >= 0.6 is 0 Å². The van der Waals surface area contributed by atoms with Crippen molar-refractivity contribution in [2.45, 2.75) is 24.6 Å². The van der Waals surface area contributed by atoms with Gasteiger partial charge >= 0.3 is 0 Å². The fourth-order valence-corrected chi connectivity index (χ4v) is 2.03. The minimum Gasteiger partial charge on any atom is -0.376 e. The zero-order chi connectivity index (χ0) is 11.3. The maximum atomic E-state index is 14.1. The molecule has 2 rings (SSSR count). The molecule has 4 nitrogen and oxygen atoms in total. The van der Waals surface area contributed by atoms with Gasteiger partial charge in [0, 0.05) is 0 Å². The first kappa shape index (κ1) is 12.2. The van der Waals surface area contributed by atoms with Crippen LogP contribution in [0.15, 0.2) is 0 Å². The van der Waals surface area contributed by atoms with Gasteiger partial charge in [-0.1, -0.05) is 0 Å². The lowest BCUT2D eigenvalue weighted by Crippen LogP contribution is -2.43. The van der Waals surface area contributed by atoms with Gasteiger partial charge < -0.3 is 19.5 Å². The summed E-state index contributed by atoms with van der Waals surface area (Å²) >= 11 is 0. The molecule has 1 N–H and O–H groups in total. The highest BCUT2D eigenvalue weighted by molar-refractivity contribution is 4.84. The highest BCUT2D eigenvalue weighted by Crippen LogP contribution is 2.23. The van der Waals surface area contributed by atoms with Crippen molar-refractivity contribution in [3.63, 3.8) is 0 Å². The molecule has 0 saturated carbocycles. The second-order valence-corrected chi connectivity index (χ2v) is 4.48. The predicted octanol–water partition coefficient (Wildman–Crippen LogP) is 0.510. The minimum absolute atomic E-state index is 0.0286. The molecule has 0 aliphatic carbocycles. The molecule has 0 aromatic heterocycles. The summed E-state index contributed by atoms with van der Waals surface area (Å²) in [7, 11) is 0. The normalized spacial score (nSPS) is 30.2. The third-order valence-corrected chi connectivity index (χ3v) is 3.05. The molecule has 2 fully saturated rings. The van der Waals surface area contributed by atoms with Gasteiger partial charge in [-0.15, -0.1) is 0 Å². The Bertz CT molecular complexity index is 203. The molecule has 0 bridgehead atoms. The van der Waals surface area contributed by atoms with Crippen molar-refractivity contribution < 1.29 is 18.6 Å². The van der Waals surface area contributed by atoms with Crippen LogP contribution in [0.5, 0.6) is 0 Å². The fraction of sp³-hybridized carbons (Fsp3) is 1.00. The molecule has 2 heterocycles. The number of hydrogen-bond donors (Lipinski definition) is 1. The van der Waals surface area contributed by atoms with E-state index < -0.39 is 5.67 Å². The predicted molar refractivity (Wildman–Crippen MR) is 57.3 cm³/mol. The summed E-state index contributed by atoms with van der Waals surface area (Å²) in [5, 5.41) is 3.14. The molecule has 0 amide bonds. The SMILES string of the molecule is FC1(COC[C@@H]2COCCO2)CCNCC1. The van der Waals surface area contributed by atoms with E-state index in [9.17, 15) is 4.39 Å². The summed E-state index contributed by atoms with van der Waals surface area (Å²) in [4.78, 5) is 0. The summed E-state index contributed by atoms with van der Waals surface area (Å²) in [6.45, 7) is 3.90. The zero-order valence-corrected chi connectivity index (χ0v) is 9.54. The van der Waals surface area contributed by atoms with Gasteiger partial charge in [0.2, 0.25) is 0 Å².